The largest absolute Gasteiger partial charge is 0.508 e. The molecule has 1 aromatic heterocycles. The topological polar surface area (TPSA) is 42.2 Å². The van der Waals surface area contributed by atoms with E-state index in [4.69, 9.17) is 0 Å². The number of aryl methyl sites for hydroxylation is 3. The number of aromatic hydroxyl groups is 1. The van der Waals surface area contributed by atoms with E-state index in [1.54, 1.807) is 4.57 Å². The van der Waals surface area contributed by atoms with Crippen molar-refractivity contribution in [1.82, 2.24) is 4.57 Å². The van der Waals surface area contributed by atoms with E-state index in [0.717, 1.165) is 72.5 Å². The lowest BCUT2D eigenvalue weighted by molar-refractivity contribution is 0.460. The molecule has 4 rings (SSSR count). The van der Waals surface area contributed by atoms with Crippen molar-refractivity contribution >= 4 is 10.9 Å². The van der Waals surface area contributed by atoms with Crippen LogP contribution in [0, 0.1) is 0 Å². The van der Waals surface area contributed by atoms with Crippen LogP contribution in [0.1, 0.15) is 60.8 Å². The molecule has 0 radical (unpaired) electrons. The fourth-order valence-corrected chi connectivity index (χ4v) is 4.67. The second-order valence-corrected chi connectivity index (χ2v) is 8.24. The molecule has 0 saturated carbocycles. The Balaban J connectivity index is 1.63. The molecule has 1 aliphatic rings. The number of aromatic nitrogens is 1. The first kappa shape index (κ1) is 18.8. The van der Waals surface area contributed by atoms with Crippen LogP contribution in [0.3, 0.4) is 0 Å². The molecule has 1 unspecified atom stereocenters. The minimum atomic E-state index is 0.135. The van der Waals surface area contributed by atoms with Gasteiger partial charge in [0, 0.05) is 18.0 Å². The Kier molecular flexibility index (Phi) is 5.25. The van der Waals surface area contributed by atoms with E-state index in [1.807, 2.05) is 25.2 Å². The molecule has 28 heavy (non-hydrogen) atoms. The predicted octanol–water partition coefficient (Wildman–Crippen LogP) is 5.25. The second kappa shape index (κ2) is 7.83. The van der Waals surface area contributed by atoms with Gasteiger partial charge < -0.3 is 9.67 Å². The monoisotopic (exact) mass is 375 g/mol. The molecule has 0 bridgehead atoms. The summed E-state index contributed by atoms with van der Waals surface area (Å²) >= 11 is 0. The number of phenolic OH excluding ortho intramolecular Hbond substituents is 1. The van der Waals surface area contributed by atoms with Crippen LogP contribution in [-0.4, -0.2) is 9.67 Å². The second-order valence-electron chi connectivity index (χ2n) is 8.24. The molecular weight excluding hydrogens is 346 g/mol. The van der Waals surface area contributed by atoms with Gasteiger partial charge in [0.25, 0.3) is 5.56 Å². The summed E-state index contributed by atoms with van der Waals surface area (Å²) in [6.07, 6.45) is 7.12. The van der Waals surface area contributed by atoms with Crippen molar-refractivity contribution in [2.45, 2.75) is 57.8 Å². The van der Waals surface area contributed by atoms with Crippen LogP contribution in [0.2, 0.25) is 0 Å². The third kappa shape index (κ3) is 3.46. The van der Waals surface area contributed by atoms with Gasteiger partial charge in [-0.05, 0) is 79.7 Å². The zero-order chi connectivity index (χ0) is 19.7. The maximum atomic E-state index is 12.8. The number of nitrogens with zero attached hydrogens (tertiary/aromatic N) is 1. The highest BCUT2D eigenvalue weighted by molar-refractivity contribution is 5.86. The number of benzene rings is 2. The molecule has 1 atom stereocenters. The molecular formula is C25H29NO2. The molecule has 3 aromatic rings. The van der Waals surface area contributed by atoms with Crippen molar-refractivity contribution in [3.8, 4) is 5.75 Å². The van der Waals surface area contributed by atoms with E-state index in [9.17, 15) is 9.90 Å². The zero-order valence-electron chi connectivity index (χ0n) is 16.9. The number of pyridine rings is 1. The fraction of sp³-hybridized carbons (Fsp3) is 0.400. The third-order valence-electron chi connectivity index (χ3n) is 6.34. The van der Waals surface area contributed by atoms with Gasteiger partial charge in [-0.1, -0.05) is 37.3 Å². The molecule has 0 saturated heterocycles. The molecule has 1 heterocycles. The van der Waals surface area contributed by atoms with Crippen molar-refractivity contribution in [2.75, 3.05) is 0 Å². The molecule has 3 heteroatoms. The normalized spacial score (nSPS) is 14.8. The van der Waals surface area contributed by atoms with Gasteiger partial charge in [0.05, 0.1) is 5.52 Å². The molecule has 146 valence electrons. The number of hydrogen-bond acceptors (Lipinski definition) is 2. The number of phenols is 1. The standard InChI is InChI=1S/C25H29NO2/c1-17(9-8-12-18-10-4-3-5-11-18)21-15-23-22(16-24(21)27)19-13-6-7-14-20(19)25(28)26(23)2/h3-5,10-11,15-17,27H,6-9,12-14H2,1-2H3. The van der Waals surface area contributed by atoms with Crippen LogP contribution in [0.5, 0.6) is 5.75 Å². The van der Waals surface area contributed by atoms with Gasteiger partial charge in [0.2, 0.25) is 0 Å². The molecule has 0 amide bonds. The molecule has 1 aliphatic carbocycles. The minimum Gasteiger partial charge on any atom is -0.508 e. The summed E-state index contributed by atoms with van der Waals surface area (Å²) in [6.45, 7) is 2.17. The highest BCUT2D eigenvalue weighted by Crippen LogP contribution is 2.35. The van der Waals surface area contributed by atoms with Crippen molar-refractivity contribution in [2.24, 2.45) is 7.05 Å². The first-order valence-electron chi connectivity index (χ1n) is 10.5. The summed E-state index contributed by atoms with van der Waals surface area (Å²) in [5.41, 5.74) is 5.49. The Morgan fingerprint density at radius 1 is 1.07 bits per heavy atom. The van der Waals surface area contributed by atoms with E-state index in [0.29, 0.717) is 5.75 Å². The molecule has 2 aromatic carbocycles. The van der Waals surface area contributed by atoms with Crippen molar-refractivity contribution in [3.63, 3.8) is 0 Å². The molecule has 0 aliphatic heterocycles. The Hall–Kier alpha value is -2.55. The van der Waals surface area contributed by atoms with Gasteiger partial charge in [-0.3, -0.25) is 4.79 Å². The smallest absolute Gasteiger partial charge is 0.254 e. The third-order valence-corrected chi connectivity index (χ3v) is 6.34. The van der Waals surface area contributed by atoms with Crippen LogP contribution < -0.4 is 5.56 Å². The average molecular weight is 376 g/mol. The summed E-state index contributed by atoms with van der Waals surface area (Å²) in [5.74, 6) is 0.616. The summed E-state index contributed by atoms with van der Waals surface area (Å²) in [5, 5.41) is 11.8. The first-order chi connectivity index (χ1) is 13.6. The van der Waals surface area contributed by atoms with Crippen LogP contribution in [-0.2, 0) is 26.3 Å². The van der Waals surface area contributed by atoms with Crippen molar-refractivity contribution < 1.29 is 5.11 Å². The summed E-state index contributed by atoms with van der Waals surface area (Å²) in [6, 6.07) is 14.5. The van der Waals surface area contributed by atoms with Crippen LogP contribution in [0.4, 0.5) is 0 Å². The average Bonchev–Trinajstić information content (AvgIpc) is 2.72. The van der Waals surface area contributed by atoms with Crippen molar-refractivity contribution in [3.05, 3.63) is 75.1 Å². The van der Waals surface area contributed by atoms with Crippen LogP contribution in [0.15, 0.2) is 47.3 Å². The lowest BCUT2D eigenvalue weighted by Gasteiger charge is -2.22. The molecule has 0 fully saturated rings. The molecule has 3 nitrogen and oxygen atoms in total. The maximum Gasteiger partial charge on any atom is 0.254 e. The molecule has 0 spiro atoms. The summed E-state index contributed by atoms with van der Waals surface area (Å²) in [4.78, 5) is 12.8. The van der Waals surface area contributed by atoms with Crippen LogP contribution in [0.25, 0.3) is 10.9 Å². The van der Waals surface area contributed by atoms with Gasteiger partial charge >= 0.3 is 0 Å². The quantitative estimate of drug-likeness (QED) is 0.662. The van der Waals surface area contributed by atoms with Gasteiger partial charge in [0.15, 0.2) is 0 Å². The van der Waals surface area contributed by atoms with E-state index in [2.05, 4.69) is 31.2 Å². The number of fused-ring (bicyclic) bond motifs is 3. The number of rotatable bonds is 5. The zero-order valence-corrected chi connectivity index (χ0v) is 16.9. The Labute approximate surface area is 166 Å². The Morgan fingerprint density at radius 3 is 2.54 bits per heavy atom. The Morgan fingerprint density at radius 2 is 1.79 bits per heavy atom. The highest BCUT2D eigenvalue weighted by Gasteiger charge is 2.21. The fourth-order valence-electron chi connectivity index (χ4n) is 4.67. The minimum absolute atomic E-state index is 0.135. The highest BCUT2D eigenvalue weighted by atomic mass is 16.3. The van der Waals surface area contributed by atoms with Gasteiger partial charge in [0.1, 0.15) is 5.75 Å². The molecule has 1 N–H and O–H groups in total. The lowest BCUT2D eigenvalue weighted by Crippen LogP contribution is -2.25. The first-order valence-corrected chi connectivity index (χ1v) is 10.5. The maximum absolute atomic E-state index is 12.8. The van der Waals surface area contributed by atoms with Crippen molar-refractivity contribution in [1.29, 1.82) is 0 Å². The van der Waals surface area contributed by atoms with Gasteiger partial charge in [-0.15, -0.1) is 0 Å². The number of hydrogen-bond donors (Lipinski definition) is 1. The van der Waals surface area contributed by atoms with E-state index < -0.39 is 0 Å². The van der Waals surface area contributed by atoms with E-state index in [1.165, 1.54) is 5.56 Å². The van der Waals surface area contributed by atoms with Crippen LogP contribution >= 0.6 is 0 Å². The predicted molar refractivity (Wildman–Crippen MR) is 115 cm³/mol. The summed E-state index contributed by atoms with van der Waals surface area (Å²) in [7, 11) is 1.86. The van der Waals surface area contributed by atoms with Gasteiger partial charge in [-0.2, -0.15) is 0 Å². The van der Waals surface area contributed by atoms with E-state index >= 15 is 0 Å². The lowest BCUT2D eigenvalue weighted by atomic mass is 9.87. The Bertz CT molecular complexity index is 1050. The summed E-state index contributed by atoms with van der Waals surface area (Å²) < 4.78 is 1.78. The van der Waals surface area contributed by atoms with Gasteiger partial charge in [-0.25, -0.2) is 0 Å². The SMILES string of the molecule is CC(CCCc1ccccc1)c1cc2c(cc1O)c1c(c(=O)n2C)CCCC1. The van der Waals surface area contributed by atoms with E-state index in [-0.39, 0.29) is 11.5 Å².